The standard InChI is InChI=1S/C18H13Cl2NO3/c19-15-5-1-4-14(18(15)20)16-8-6-12(24-16)7-9-17(22)21-11-13-3-2-10-23-13/h1-10H,11H2,(H,21,22). The number of amides is 1. The van der Waals surface area contributed by atoms with E-state index < -0.39 is 0 Å². The minimum Gasteiger partial charge on any atom is -0.467 e. The van der Waals surface area contributed by atoms with E-state index in [9.17, 15) is 4.79 Å². The number of carbonyl (C=O) groups excluding carboxylic acids is 1. The van der Waals surface area contributed by atoms with Gasteiger partial charge in [-0.05, 0) is 42.5 Å². The van der Waals surface area contributed by atoms with Crippen molar-refractivity contribution in [2.24, 2.45) is 0 Å². The normalized spacial score (nSPS) is 11.1. The van der Waals surface area contributed by atoms with E-state index in [1.54, 1.807) is 48.7 Å². The fourth-order valence-corrected chi connectivity index (χ4v) is 2.48. The van der Waals surface area contributed by atoms with Crippen LogP contribution in [0.2, 0.25) is 10.0 Å². The molecule has 2 heterocycles. The van der Waals surface area contributed by atoms with Crippen LogP contribution in [0.25, 0.3) is 17.4 Å². The Morgan fingerprint density at radius 2 is 2.00 bits per heavy atom. The molecule has 1 aromatic carbocycles. The van der Waals surface area contributed by atoms with E-state index in [0.717, 1.165) is 0 Å². The molecule has 0 unspecified atom stereocenters. The number of hydrogen-bond donors (Lipinski definition) is 1. The van der Waals surface area contributed by atoms with Gasteiger partial charge in [0.25, 0.3) is 0 Å². The van der Waals surface area contributed by atoms with E-state index in [2.05, 4.69) is 5.32 Å². The van der Waals surface area contributed by atoms with E-state index in [1.807, 2.05) is 6.07 Å². The Labute approximate surface area is 148 Å². The molecule has 0 fully saturated rings. The Morgan fingerprint density at radius 1 is 1.12 bits per heavy atom. The van der Waals surface area contributed by atoms with Crippen LogP contribution >= 0.6 is 23.2 Å². The van der Waals surface area contributed by atoms with Crippen LogP contribution in [0.1, 0.15) is 11.5 Å². The summed E-state index contributed by atoms with van der Waals surface area (Å²) in [4.78, 5) is 11.8. The molecule has 0 saturated heterocycles. The van der Waals surface area contributed by atoms with Crippen molar-refractivity contribution in [3.8, 4) is 11.3 Å². The highest BCUT2D eigenvalue weighted by Gasteiger charge is 2.10. The van der Waals surface area contributed by atoms with Gasteiger partial charge in [0.15, 0.2) is 0 Å². The first-order chi connectivity index (χ1) is 11.6. The molecule has 122 valence electrons. The van der Waals surface area contributed by atoms with Crippen LogP contribution in [0.3, 0.4) is 0 Å². The number of rotatable bonds is 5. The van der Waals surface area contributed by atoms with Gasteiger partial charge in [-0.2, -0.15) is 0 Å². The van der Waals surface area contributed by atoms with E-state index in [1.165, 1.54) is 6.08 Å². The molecule has 0 aliphatic rings. The number of halogens is 2. The van der Waals surface area contributed by atoms with E-state index >= 15 is 0 Å². The fourth-order valence-electron chi connectivity index (χ4n) is 2.09. The van der Waals surface area contributed by atoms with Gasteiger partial charge in [0, 0.05) is 11.6 Å². The first kappa shape index (κ1) is 16.4. The summed E-state index contributed by atoms with van der Waals surface area (Å²) in [6.07, 6.45) is 4.53. The Bertz CT molecular complexity index is 866. The Kier molecular flexibility index (Phi) is 5.08. The molecule has 0 aliphatic carbocycles. The lowest BCUT2D eigenvalue weighted by Gasteiger charge is -2.01. The summed E-state index contributed by atoms with van der Waals surface area (Å²) in [5, 5.41) is 3.60. The van der Waals surface area contributed by atoms with Crippen molar-refractivity contribution in [1.29, 1.82) is 0 Å². The highest BCUT2D eigenvalue weighted by atomic mass is 35.5. The molecular formula is C18H13Cl2NO3. The largest absolute Gasteiger partial charge is 0.467 e. The van der Waals surface area contributed by atoms with Gasteiger partial charge in [-0.3, -0.25) is 4.79 Å². The molecule has 6 heteroatoms. The fraction of sp³-hybridized carbons (Fsp3) is 0.0556. The van der Waals surface area contributed by atoms with Gasteiger partial charge in [0.05, 0.1) is 22.9 Å². The van der Waals surface area contributed by atoms with Crippen molar-refractivity contribution in [2.45, 2.75) is 6.54 Å². The number of carbonyl (C=O) groups is 1. The van der Waals surface area contributed by atoms with Crippen molar-refractivity contribution < 1.29 is 13.6 Å². The van der Waals surface area contributed by atoms with E-state index in [0.29, 0.717) is 39.4 Å². The third-order valence-electron chi connectivity index (χ3n) is 3.26. The SMILES string of the molecule is O=C(C=Cc1ccc(-c2cccc(Cl)c2Cl)o1)NCc1ccco1. The summed E-state index contributed by atoms with van der Waals surface area (Å²) >= 11 is 12.2. The molecule has 2 aromatic heterocycles. The van der Waals surface area contributed by atoms with Gasteiger partial charge in [-0.15, -0.1) is 0 Å². The van der Waals surface area contributed by atoms with Crippen molar-refractivity contribution in [1.82, 2.24) is 5.32 Å². The smallest absolute Gasteiger partial charge is 0.244 e. The Hall–Kier alpha value is -2.43. The molecule has 0 radical (unpaired) electrons. The molecule has 1 N–H and O–H groups in total. The van der Waals surface area contributed by atoms with Crippen LogP contribution in [0.5, 0.6) is 0 Å². The first-order valence-corrected chi connectivity index (χ1v) is 7.91. The average molecular weight is 362 g/mol. The van der Waals surface area contributed by atoms with Crippen LogP contribution in [0.15, 0.2) is 63.6 Å². The predicted octanol–water partition coefficient (Wildman–Crippen LogP) is 5.18. The van der Waals surface area contributed by atoms with Crippen LogP contribution in [-0.4, -0.2) is 5.91 Å². The zero-order chi connectivity index (χ0) is 16.9. The predicted molar refractivity (Wildman–Crippen MR) is 93.8 cm³/mol. The van der Waals surface area contributed by atoms with Crippen LogP contribution in [-0.2, 0) is 11.3 Å². The zero-order valence-electron chi connectivity index (χ0n) is 12.5. The van der Waals surface area contributed by atoms with E-state index in [-0.39, 0.29) is 5.91 Å². The van der Waals surface area contributed by atoms with Crippen molar-refractivity contribution in [3.63, 3.8) is 0 Å². The molecule has 1 amide bonds. The molecular weight excluding hydrogens is 349 g/mol. The van der Waals surface area contributed by atoms with Crippen LogP contribution < -0.4 is 5.32 Å². The van der Waals surface area contributed by atoms with Gasteiger partial charge >= 0.3 is 0 Å². The second-order valence-electron chi connectivity index (χ2n) is 4.93. The maximum atomic E-state index is 11.8. The van der Waals surface area contributed by atoms with Gasteiger partial charge in [-0.1, -0.05) is 29.3 Å². The van der Waals surface area contributed by atoms with Gasteiger partial charge in [0.2, 0.25) is 5.91 Å². The van der Waals surface area contributed by atoms with Gasteiger partial charge in [0.1, 0.15) is 17.3 Å². The summed E-state index contributed by atoms with van der Waals surface area (Å²) in [6.45, 7) is 0.331. The maximum Gasteiger partial charge on any atom is 0.244 e. The van der Waals surface area contributed by atoms with Crippen LogP contribution in [0.4, 0.5) is 0 Å². The molecule has 0 aliphatic heterocycles. The minimum atomic E-state index is -0.245. The highest BCUT2D eigenvalue weighted by molar-refractivity contribution is 6.43. The molecule has 24 heavy (non-hydrogen) atoms. The van der Waals surface area contributed by atoms with Crippen LogP contribution in [0, 0.1) is 0 Å². The molecule has 0 atom stereocenters. The Morgan fingerprint density at radius 3 is 2.79 bits per heavy atom. The van der Waals surface area contributed by atoms with Gasteiger partial charge in [-0.25, -0.2) is 0 Å². The second kappa shape index (κ2) is 7.43. The average Bonchev–Trinajstić information content (AvgIpc) is 3.25. The maximum absolute atomic E-state index is 11.8. The topological polar surface area (TPSA) is 55.4 Å². The molecule has 0 spiro atoms. The molecule has 3 rings (SSSR count). The second-order valence-corrected chi connectivity index (χ2v) is 5.72. The molecule has 0 bridgehead atoms. The zero-order valence-corrected chi connectivity index (χ0v) is 14.0. The third kappa shape index (κ3) is 3.91. The van der Waals surface area contributed by atoms with Gasteiger partial charge < -0.3 is 14.2 Å². The quantitative estimate of drug-likeness (QED) is 0.637. The van der Waals surface area contributed by atoms with Crippen molar-refractivity contribution in [3.05, 3.63) is 76.4 Å². The summed E-state index contributed by atoms with van der Waals surface area (Å²) in [5.74, 6) is 1.56. The number of hydrogen-bond acceptors (Lipinski definition) is 3. The number of nitrogens with one attached hydrogen (secondary N) is 1. The number of benzene rings is 1. The van der Waals surface area contributed by atoms with E-state index in [4.69, 9.17) is 32.0 Å². The first-order valence-electron chi connectivity index (χ1n) is 7.16. The lowest BCUT2D eigenvalue weighted by Crippen LogP contribution is -2.19. The number of furan rings is 2. The summed E-state index contributed by atoms with van der Waals surface area (Å²) < 4.78 is 10.8. The third-order valence-corrected chi connectivity index (χ3v) is 4.08. The monoisotopic (exact) mass is 361 g/mol. The molecule has 3 aromatic rings. The minimum absolute atomic E-state index is 0.245. The summed E-state index contributed by atoms with van der Waals surface area (Å²) in [7, 11) is 0. The van der Waals surface area contributed by atoms with Crippen molar-refractivity contribution >= 4 is 35.2 Å². The lowest BCUT2D eigenvalue weighted by molar-refractivity contribution is -0.116. The molecule has 4 nitrogen and oxygen atoms in total. The highest BCUT2D eigenvalue weighted by Crippen LogP contribution is 2.34. The Balaban J connectivity index is 1.65. The summed E-state index contributed by atoms with van der Waals surface area (Å²) in [6, 6.07) is 12.4. The molecule has 0 saturated carbocycles. The summed E-state index contributed by atoms with van der Waals surface area (Å²) in [5.41, 5.74) is 0.700. The van der Waals surface area contributed by atoms with Crippen molar-refractivity contribution in [2.75, 3.05) is 0 Å². The lowest BCUT2D eigenvalue weighted by atomic mass is 10.2.